The summed E-state index contributed by atoms with van der Waals surface area (Å²) in [5.74, 6) is -0.189. The first kappa shape index (κ1) is 20.1. The lowest BCUT2D eigenvalue weighted by Gasteiger charge is -2.17. The van der Waals surface area contributed by atoms with Gasteiger partial charge in [-0.1, -0.05) is 65.2 Å². The minimum atomic E-state index is -0.189. The number of benzene rings is 3. The number of para-hydroxylation sites is 1. The number of aromatic nitrogens is 1. The Hall–Kier alpha value is -3.17. The van der Waals surface area contributed by atoms with Gasteiger partial charge in [-0.05, 0) is 57.0 Å². The van der Waals surface area contributed by atoms with Gasteiger partial charge in [0, 0.05) is 10.9 Å². The van der Waals surface area contributed by atoms with E-state index in [0.717, 1.165) is 38.9 Å². The van der Waals surface area contributed by atoms with E-state index in [2.05, 4.69) is 42.6 Å². The molecule has 0 saturated carbocycles. The Morgan fingerprint density at radius 2 is 1.60 bits per heavy atom. The number of pyridine rings is 1. The first-order valence-electron chi connectivity index (χ1n) is 9.89. The van der Waals surface area contributed by atoms with Crippen molar-refractivity contribution in [3.05, 3.63) is 93.5 Å². The smallest absolute Gasteiger partial charge is 0.256 e. The summed E-state index contributed by atoms with van der Waals surface area (Å²) in [7, 11) is 0. The Morgan fingerprint density at radius 1 is 0.900 bits per heavy atom. The normalized spacial score (nSPS) is 11.0. The van der Waals surface area contributed by atoms with Crippen molar-refractivity contribution in [3.8, 4) is 11.3 Å². The second kappa shape index (κ2) is 7.92. The molecule has 0 spiro atoms. The van der Waals surface area contributed by atoms with E-state index in [4.69, 9.17) is 16.6 Å². The molecule has 0 aliphatic heterocycles. The fourth-order valence-corrected chi connectivity index (χ4v) is 4.03. The Labute approximate surface area is 181 Å². The van der Waals surface area contributed by atoms with Gasteiger partial charge in [0.05, 0.1) is 27.5 Å². The molecule has 3 aromatic carbocycles. The standard InChI is InChI=1S/C26H23ClN2O/c1-15-9-11-19(12-10-15)25-18(4)23(20-14-16(2)13-17(3)24(20)29-25)26(30)28-22-8-6-5-7-21(22)27/h5-14H,1-4H3,(H,28,30). The second-order valence-electron chi connectivity index (χ2n) is 7.74. The second-order valence-corrected chi connectivity index (χ2v) is 8.15. The van der Waals surface area contributed by atoms with Crippen LogP contribution >= 0.6 is 11.6 Å². The maximum Gasteiger partial charge on any atom is 0.256 e. The van der Waals surface area contributed by atoms with Crippen LogP contribution in [-0.4, -0.2) is 10.9 Å². The predicted molar refractivity (Wildman–Crippen MR) is 126 cm³/mol. The summed E-state index contributed by atoms with van der Waals surface area (Å²) in [6.07, 6.45) is 0. The van der Waals surface area contributed by atoms with Crippen LogP contribution in [-0.2, 0) is 0 Å². The maximum absolute atomic E-state index is 13.5. The monoisotopic (exact) mass is 414 g/mol. The number of carbonyl (C=O) groups is 1. The van der Waals surface area contributed by atoms with Crippen molar-refractivity contribution in [1.29, 1.82) is 0 Å². The van der Waals surface area contributed by atoms with Gasteiger partial charge >= 0.3 is 0 Å². The molecule has 3 nitrogen and oxygen atoms in total. The van der Waals surface area contributed by atoms with Crippen LogP contribution in [0.15, 0.2) is 60.7 Å². The number of fused-ring (bicyclic) bond motifs is 1. The van der Waals surface area contributed by atoms with Crippen LogP contribution < -0.4 is 5.32 Å². The largest absolute Gasteiger partial charge is 0.321 e. The number of rotatable bonds is 3. The van der Waals surface area contributed by atoms with Crippen LogP contribution in [0.3, 0.4) is 0 Å². The van der Waals surface area contributed by atoms with Crippen molar-refractivity contribution < 1.29 is 4.79 Å². The molecule has 0 unspecified atom stereocenters. The molecule has 0 aliphatic carbocycles. The third kappa shape index (κ3) is 3.69. The SMILES string of the molecule is Cc1ccc(-c2nc3c(C)cc(C)cc3c(C(=O)Nc3ccccc3Cl)c2C)cc1. The van der Waals surface area contributed by atoms with Gasteiger partial charge in [-0.15, -0.1) is 0 Å². The first-order valence-corrected chi connectivity index (χ1v) is 10.3. The van der Waals surface area contributed by atoms with Crippen LogP contribution in [0, 0.1) is 27.7 Å². The Morgan fingerprint density at radius 3 is 2.30 bits per heavy atom. The highest BCUT2D eigenvalue weighted by atomic mass is 35.5. The van der Waals surface area contributed by atoms with Gasteiger partial charge < -0.3 is 5.32 Å². The maximum atomic E-state index is 13.5. The summed E-state index contributed by atoms with van der Waals surface area (Å²) in [5.41, 5.74) is 8.04. The van der Waals surface area contributed by atoms with E-state index < -0.39 is 0 Å². The summed E-state index contributed by atoms with van der Waals surface area (Å²) >= 11 is 6.28. The summed E-state index contributed by atoms with van der Waals surface area (Å²) in [4.78, 5) is 18.4. The highest BCUT2D eigenvalue weighted by molar-refractivity contribution is 6.34. The van der Waals surface area contributed by atoms with Crippen LogP contribution in [0.1, 0.15) is 32.6 Å². The van der Waals surface area contributed by atoms with E-state index in [1.807, 2.05) is 39.0 Å². The van der Waals surface area contributed by atoms with Crippen molar-refractivity contribution in [2.24, 2.45) is 0 Å². The molecule has 0 aliphatic rings. The number of hydrogen-bond donors (Lipinski definition) is 1. The molecule has 1 N–H and O–H groups in total. The number of carbonyl (C=O) groups excluding carboxylic acids is 1. The van der Waals surface area contributed by atoms with E-state index in [1.165, 1.54) is 5.56 Å². The molecular formula is C26H23ClN2O. The Bertz CT molecular complexity index is 1280. The number of nitrogens with zero attached hydrogens (tertiary/aromatic N) is 1. The van der Waals surface area contributed by atoms with Gasteiger partial charge in [0.25, 0.3) is 5.91 Å². The minimum Gasteiger partial charge on any atom is -0.321 e. The van der Waals surface area contributed by atoms with Crippen LogP contribution in [0.25, 0.3) is 22.2 Å². The van der Waals surface area contributed by atoms with Crippen molar-refractivity contribution in [3.63, 3.8) is 0 Å². The van der Waals surface area contributed by atoms with Gasteiger partial charge in [0.1, 0.15) is 0 Å². The quantitative estimate of drug-likeness (QED) is 0.390. The van der Waals surface area contributed by atoms with E-state index in [-0.39, 0.29) is 5.91 Å². The molecule has 0 bridgehead atoms. The third-order valence-corrected chi connectivity index (χ3v) is 5.67. The highest BCUT2D eigenvalue weighted by Crippen LogP contribution is 2.33. The molecule has 30 heavy (non-hydrogen) atoms. The molecule has 1 heterocycles. The molecule has 0 fully saturated rings. The summed E-state index contributed by atoms with van der Waals surface area (Å²) in [5, 5.41) is 4.35. The van der Waals surface area contributed by atoms with Gasteiger partial charge in [0.2, 0.25) is 0 Å². The van der Waals surface area contributed by atoms with Gasteiger partial charge in [0.15, 0.2) is 0 Å². The van der Waals surface area contributed by atoms with E-state index >= 15 is 0 Å². The number of halogens is 1. The lowest BCUT2D eigenvalue weighted by molar-refractivity contribution is 0.102. The third-order valence-electron chi connectivity index (χ3n) is 5.34. The van der Waals surface area contributed by atoms with Crippen LogP contribution in [0.4, 0.5) is 5.69 Å². The fourth-order valence-electron chi connectivity index (χ4n) is 3.85. The zero-order valence-electron chi connectivity index (χ0n) is 17.5. The molecule has 0 saturated heterocycles. The van der Waals surface area contributed by atoms with E-state index in [0.29, 0.717) is 16.3 Å². The average Bonchev–Trinajstić information content (AvgIpc) is 2.70. The number of aryl methyl sites for hydroxylation is 3. The first-order chi connectivity index (χ1) is 14.3. The molecule has 4 aromatic rings. The Balaban J connectivity index is 1.96. The lowest BCUT2D eigenvalue weighted by atomic mass is 9.94. The van der Waals surface area contributed by atoms with Crippen LogP contribution in [0.2, 0.25) is 5.02 Å². The van der Waals surface area contributed by atoms with Gasteiger partial charge in [-0.3, -0.25) is 4.79 Å². The zero-order chi connectivity index (χ0) is 21.4. The molecule has 4 heteroatoms. The average molecular weight is 415 g/mol. The summed E-state index contributed by atoms with van der Waals surface area (Å²) in [6.45, 7) is 8.08. The molecule has 0 atom stereocenters. The van der Waals surface area contributed by atoms with E-state index in [1.54, 1.807) is 12.1 Å². The summed E-state index contributed by atoms with van der Waals surface area (Å²) < 4.78 is 0. The number of amides is 1. The molecular weight excluding hydrogens is 392 g/mol. The molecule has 1 aromatic heterocycles. The summed E-state index contributed by atoms with van der Waals surface area (Å²) in [6, 6.07) is 19.6. The highest BCUT2D eigenvalue weighted by Gasteiger charge is 2.21. The number of anilines is 1. The molecule has 1 amide bonds. The molecule has 0 radical (unpaired) electrons. The Kier molecular flexibility index (Phi) is 5.31. The minimum absolute atomic E-state index is 0.189. The van der Waals surface area contributed by atoms with Crippen molar-refractivity contribution in [2.45, 2.75) is 27.7 Å². The zero-order valence-corrected chi connectivity index (χ0v) is 18.3. The van der Waals surface area contributed by atoms with Gasteiger partial charge in [-0.2, -0.15) is 0 Å². The molecule has 150 valence electrons. The van der Waals surface area contributed by atoms with Crippen molar-refractivity contribution >= 4 is 34.1 Å². The fraction of sp³-hybridized carbons (Fsp3) is 0.154. The van der Waals surface area contributed by atoms with E-state index in [9.17, 15) is 4.79 Å². The predicted octanol–water partition coefficient (Wildman–Crippen LogP) is 7.04. The number of nitrogens with one attached hydrogen (secondary N) is 1. The number of hydrogen-bond acceptors (Lipinski definition) is 2. The van der Waals surface area contributed by atoms with Crippen molar-refractivity contribution in [1.82, 2.24) is 4.98 Å². The van der Waals surface area contributed by atoms with Crippen LogP contribution in [0.5, 0.6) is 0 Å². The van der Waals surface area contributed by atoms with Crippen molar-refractivity contribution in [2.75, 3.05) is 5.32 Å². The van der Waals surface area contributed by atoms with Gasteiger partial charge in [-0.25, -0.2) is 4.98 Å². The lowest BCUT2D eigenvalue weighted by Crippen LogP contribution is -2.16. The molecule has 4 rings (SSSR count). The topological polar surface area (TPSA) is 42.0 Å².